The van der Waals surface area contributed by atoms with E-state index in [1.807, 2.05) is 0 Å². The zero-order chi connectivity index (χ0) is 14.4. The highest BCUT2D eigenvalue weighted by molar-refractivity contribution is 5.74. The van der Waals surface area contributed by atoms with Crippen LogP contribution in [0.15, 0.2) is 18.2 Å². The molecule has 0 aromatic heterocycles. The lowest BCUT2D eigenvalue weighted by atomic mass is 10.1. The Labute approximate surface area is 109 Å². The van der Waals surface area contributed by atoms with Crippen LogP contribution in [0.1, 0.15) is 18.9 Å². The highest BCUT2D eigenvalue weighted by Crippen LogP contribution is 2.27. The largest absolute Gasteiger partial charge is 0.393 e. The van der Waals surface area contributed by atoms with Gasteiger partial charge in [-0.15, -0.1) is 0 Å². The number of nitrogens with two attached hydrogens (primary N) is 1. The molecule has 6 nitrogen and oxygen atoms in total. The molecule has 0 saturated carbocycles. The summed E-state index contributed by atoms with van der Waals surface area (Å²) in [7, 11) is 0. The van der Waals surface area contributed by atoms with Crippen molar-refractivity contribution in [2.75, 3.05) is 12.3 Å². The second-order valence-electron chi connectivity index (χ2n) is 3.86. The summed E-state index contributed by atoms with van der Waals surface area (Å²) < 4.78 is 13.2. The number of nitrogens with one attached hydrogen (secondary N) is 1. The summed E-state index contributed by atoms with van der Waals surface area (Å²) >= 11 is 0. The van der Waals surface area contributed by atoms with Crippen LogP contribution in [0.3, 0.4) is 0 Å². The van der Waals surface area contributed by atoms with Crippen molar-refractivity contribution in [3.63, 3.8) is 0 Å². The van der Waals surface area contributed by atoms with Crippen LogP contribution in [0.4, 0.5) is 15.8 Å². The minimum atomic E-state index is -0.729. The Hall–Kier alpha value is -2.44. The monoisotopic (exact) mass is 267 g/mol. The van der Waals surface area contributed by atoms with Crippen LogP contribution in [0.2, 0.25) is 0 Å². The number of anilines is 1. The first-order valence-electron chi connectivity index (χ1n) is 5.56. The van der Waals surface area contributed by atoms with Gasteiger partial charge in [-0.25, -0.2) is 4.39 Å². The van der Waals surface area contributed by atoms with E-state index in [9.17, 15) is 19.3 Å². The van der Waals surface area contributed by atoms with E-state index in [0.717, 1.165) is 12.1 Å². The van der Waals surface area contributed by atoms with Gasteiger partial charge in [0.2, 0.25) is 5.91 Å². The first-order chi connectivity index (χ1) is 8.91. The maximum absolute atomic E-state index is 13.2. The van der Waals surface area contributed by atoms with Crippen molar-refractivity contribution in [3.8, 4) is 0 Å². The lowest BCUT2D eigenvalue weighted by molar-refractivity contribution is -0.384. The maximum Gasteiger partial charge on any atom is 0.295 e. The van der Waals surface area contributed by atoms with Gasteiger partial charge in [-0.05, 0) is 12.5 Å². The Balaban J connectivity index is 2.80. The first-order valence-corrected chi connectivity index (χ1v) is 5.56. The summed E-state index contributed by atoms with van der Waals surface area (Å²) in [5.41, 5.74) is 5.29. The molecule has 102 valence electrons. The fourth-order valence-corrected chi connectivity index (χ4v) is 1.45. The molecule has 3 N–H and O–H groups in total. The molecule has 0 fully saturated rings. The number of carbonyl (C=O) groups excluding carboxylic acids is 1. The van der Waals surface area contributed by atoms with E-state index in [2.05, 4.69) is 5.32 Å². The van der Waals surface area contributed by atoms with Gasteiger partial charge in [0.25, 0.3) is 5.69 Å². The molecule has 1 aromatic rings. The van der Waals surface area contributed by atoms with Crippen molar-refractivity contribution in [1.82, 2.24) is 5.32 Å². The molecular weight excluding hydrogens is 253 g/mol. The molecule has 0 saturated heterocycles. The standard InChI is InChI=1S/C12H14FN3O3/c1-8(17)15-5-3-2-4-9-6-10(13)7-11(12(9)14)16(18)19/h2,4,6-7H,3,5,14H2,1H3,(H,15,17). The average Bonchev–Trinajstić information content (AvgIpc) is 2.31. The molecule has 0 spiro atoms. The van der Waals surface area contributed by atoms with Crippen molar-refractivity contribution in [3.05, 3.63) is 39.7 Å². The van der Waals surface area contributed by atoms with E-state index in [0.29, 0.717) is 13.0 Å². The van der Waals surface area contributed by atoms with Crippen molar-refractivity contribution >= 4 is 23.4 Å². The van der Waals surface area contributed by atoms with Gasteiger partial charge in [-0.2, -0.15) is 0 Å². The molecule has 1 rings (SSSR count). The number of rotatable bonds is 5. The van der Waals surface area contributed by atoms with Gasteiger partial charge < -0.3 is 11.1 Å². The molecule has 0 heterocycles. The Kier molecular flexibility index (Phi) is 4.99. The van der Waals surface area contributed by atoms with Crippen LogP contribution >= 0.6 is 0 Å². The third-order valence-corrected chi connectivity index (χ3v) is 2.33. The lowest BCUT2D eigenvalue weighted by Crippen LogP contribution is -2.20. The number of nitrogens with zero attached hydrogens (tertiary/aromatic N) is 1. The number of nitro groups is 1. The second-order valence-corrected chi connectivity index (χ2v) is 3.86. The number of nitrogen functional groups attached to an aromatic ring is 1. The zero-order valence-electron chi connectivity index (χ0n) is 10.4. The third-order valence-electron chi connectivity index (χ3n) is 2.33. The van der Waals surface area contributed by atoms with E-state index in [4.69, 9.17) is 5.73 Å². The van der Waals surface area contributed by atoms with Crippen LogP contribution in [0, 0.1) is 15.9 Å². The van der Waals surface area contributed by atoms with Gasteiger partial charge >= 0.3 is 0 Å². The minimum absolute atomic E-state index is 0.0813. The molecule has 1 aromatic carbocycles. The molecule has 1 amide bonds. The topological polar surface area (TPSA) is 98.3 Å². The third kappa shape index (κ3) is 4.38. The number of amides is 1. The Morgan fingerprint density at radius 2 is 2.26 bits per heavy atom. The van der Waals surface area contributed by atoms with Crippen LogP contribution in [0.5, 0.6) is 0 Å². The molecule has 0 unspecified atom stereocenters. The summed E-state index contributed by atoms with van der Waals surface area (Å²) in [5, 5.41) is 13.2. The summed E-state index contributed by atoms with van der Waals surface area (Å²) in [4.78, 5) is 20.6. The summed E-state index contributed by atoms with van der Waals surface area (Å²) in [6, 6.07) is 1.90. The molecule has 0 aliphatic heterocycles. The molecular formula is C12H14FN3O3. The van der Waals surface area contributed by atoms with E-state index in [1.165, 1.54) is 13.0 Å². The van der Waals surface area contributed by atoms with E-state index < -0.39 is 16.4 Å². The smallest absolute Gasteiger partial charge is 0.295 e. The minimum Gasteiger partial charge on any atom is -0.393 e. The van der Waals surface area contributed by atoms with Crippen LogP contribution in [-0.2, 0) is 4.79 Å². The summed E-state index contributed by atoms with van der Waals surface area (Å²) in [5.74, 6) is -0.864. The quantitative estimate of drug-likeness (QED) is 0.368. The van der Waals surface area contributed by atoms with Crippen LogP contribution in [0.25, 0.3) is 6.08 Å². The molecule has 7 heteroatoms. The van der Waals surface area contributed by atoms with Gasteiger partial charge in [-0.3, -0.25) is 14.9 Å². The SMILES string of the molecule is CC(=O)NCCC=Cc1cc(F)cc([N+](=O)[O-])c1N. The van der Waals surface area contributed by atoms with E-state index in [-0.39, 0.29) is 17.2 Å². The number of nitro benzene ring substituents is 1. The summed E-state index contributed by atoms with van der Waals surface area (Å²) in [6.07, 6.45) is 3.67. The van der Waals surface area contributed by atoms with Crippen molar-refractivity contribution in [2.45, 2.75) is 13.3 Å². The highest BCUT2D eigenvalue weighted by Gasteiger charge is 2.15. The number of halogens is 1. The number of hydrogen-bond acceptors (Lipinski definition) is 4. The maximum atomic E-state index is 13.2. The van der Waals surface area contributed by atoms with Gasteiger partial charge in [0, 0.05) is 19.0 Å². The molecule has 0 aliphatic carbocycles. The fourth-order valence-electron chi connectivity index (χ4n) is 1.45. The predicted molar refractivity (Wildman–Crippen MR) is 69.8 cm³/mol. The molecule has 19 heavy (non-hydrogen) atoms. The highest BCUT2D eigenvalue weighted by atomic mass is 19.1. The van der Waals surface area contributed by atoms with Crippen LogP contribution in [-0.4, -0.2) is 17.4 Å². The number of hydrogen-bond donors (Lipinski definition) is 2. The Morgan fingerprint density at radius 3 is 2.84 bits per heavy atom. The predicted octanol–water partition coefficient (Wildman–Crippen LogP) is 1.86. The summed E-state index contributed by atoms with van der Waals surface area (Å²) in [6.45, 7) is 1.83. The van der Waals surface area contributed by atoms with E-state index in [1.54, 1.807) is 6.08 Å². The Morgan fingerprint density at radius 1 is 1.58 bits per heavy atom. The van der Waals surface area contributed by atoms with Crippen LogP contribution < -0.4 is 11.1 Å². The first kappa shape index (κ1) is 14.6. The van der Waals surface area contributed by atoms with E-state index >= 15 is 0 Å². The number of benzene rings is 1. The molecule has 0 aliphatic rings. The average molecular weight is 267 g/mol. The molecule has 0 atom stereocenters. The van der Waals surface area contributed by atoms with Crippen molar-refractivity contribution in [1.29, 1.82) is 0 Å². The normalized spacial score (nSPS) is 10.6. The Bertz CT molecular complexity index is 529. The fraction of sp³-hybridized carbons (Fsp3) is 0.250. The van der Waals surface area contributed by atoms with Crippen molar-refractivity contribution < 1.29 is 14.1 Å². The van der Waals surface area contributed by atoms with Gasteiger partial charge in [0.1, 0.15) is 11.5 Å². The van der Waals surface area contributed by atoms with Gasteiger partial charge in [0.05, 0.1) is 11.0 Å². The van der Waals surface area contributed by atoms with Gasteiger partial charge in [0.15, 0.2) is 0 Å². The lowest BCUT2D eigenvalue weighted by Gasteiger charge is -2.02. The second kappa shape index (κ2) is 6.48. The molecule has 0 bridgehead atoms. The van der Waals surface area contributed by atoms with Crippen molar-refractivity contribution in [2.24, 2.45) is 0 Å². The number of carbonyl (C=O) groups is 1. The zero-order valence-corrected chi connectivity index (χ0v) is 10.4. The van der Waals surface area contributed by atoms with Gasteiger partial charge in [-0.1, -0.05) is 12.2 Å². The molecule has 0 radical (unpaired) electrons.